The van der Waals surface area contributed by atoms with Crippen molar-refractivity contribution in [3.63, 3.8) is 0 Å². The van der Waals surface area contributed by atoms with Gasteiger partial charge in [-0.05, 0) is 92.0 Å². The van der Waals surface area contributed by atoms with Crippen LogP contribution >= 0.6 is 15.9 Å². The van der Waals surface area contributed by atoms with E-state index in [2.05, 4.69) is 70.6 Å². The second kappa shape index (κ2) is 7.84. The monoisotopic (exact) mass is 439 g/mol. The second-order valence-electron chi connectivity index (χ2n) is 9.30. The zero-order valence-corrected chi connectivity index (χ0v) is 18.3. The Labute approximate surface area is 177 Å². The highest BCUT2D eigenvalue weighted by Crippen LogP contribution is 2.53. The Morgan fingerprint density at radius 3 is 2.36 bits per heavy atom. The number of hydrogen-bond donors (Lipinski definition) is 1. The van der Waals surface area contributed by atoms with Gasteiger partial charge >= 0.3 is 0 Å². The van der Waals surface area contributed by atoms with Gasteiger partial charge in [-0.1, -0.05) is 40.2 Å². The van der Waals surface area contributed by atoms with Crippen molar-refractivity contribution in [3.8, 4) is 5.75 Å². The quantitative estimate of drug-likeness (QED) is 0.573. The molecule has 4 aliphatic rings. The lowest BCUT2D eigenvalue weighted by atomic mass is 9.54. The number of rotatable bonds is 6. The van der Waals surface area contributed by atoms with Crippen LogP contribution in [0.5, 0.6) is 5.75 Å². The van der Waals surface area contributed by atoms with Crippen LogP contribution in [0.4, 0.5) is 0 Å². The van der Waals surface area contributed by atoms with E-state index in [0.717, 1.165) is 40.4 Å². The molecule has 2 nitrogen and oxygen atoms in total. The van der Waals surface area contributed by atoms with Crippen molar-refractivity contribution in [2.75, 3.05) is 0 Å². The molecule has 148 valence electrons. The normalized spacial score (nSPS) is 30.6. The lowest BCUT2D eigenvalue weighted by Crippen LogP contribution is -2.54. The summed E-state index contributed by atoms with van der Waals surface area (Å²) < 4.78 is 7.38. The minimum atomic E-state index is 0.624. The summed E-state index contributed by atoms with van der Waals surface area (Å²) in [6.45, 7) is 3.67. The highest BCUT2D eigenvalue weighted by molar-refractivity contribution is 9.10. The van der Waals surface area contributed by atoms with Crippen LogP contribution in [0.15, 0.2) is 46.9 Å². The smallest absolute Gasteiger partial charge is 0.124 e. The van der Waals surface area contributed by atoms with Crippen molar-refractivity contribution < 1.29 is 4.74 Å². The largest absolute Gasteiger partial charge is 0.489 e. The van der Waals surface area contributed by atoms with E-state index in [1.54, 1.807) is 0 Å². The third kappa shape index (κ3) is 3.76. The highest BCUT2D eigenvalue weighted by atomic mass is 79.9. The fourth-order valence-corrected chi connectivity index (χ4v) is 6.65. The summed E-state index contributed by atoms with van der Waals surface area (Å²) in [6.07, 6.45) is 7.35. The van der Waals surface area contributed by atoms with Crippen LogP contribution in [-0.2, 0) is 13.2 Å². The molecule has 2 aromatic carbocycles. The molecular weight excluding hydrogens is 410 g/mol. The SMILES string of the molecule is Cc1ccccc1COc1ccc(Br)cc1CNC1C2CC3CC(C2)CC1C3. The van der Waals surface area contributed by atoms with Gasteiger partial charge in [0.15, 0.2) is 0 Å². The van der Waals surface area contributed by atoms with E-state index in [-0.39, 0.29) is 0 Å². The molecule has 0 amide bonds. The summed E-state index contributed by atoms with van der Waals surface area (Å²) in [5.74, 6) is 4.86. The zero-order valence-electron chi connectivity index (χ0n) is 16.7. The van der Waals surface area contributed by atoms with Crippen LogP contribution in [0.2, 0.25) is 0 Å². The molecular formula is C25H30BrNO. The first-order valence-electron chi connectivity index (χ1n) is 10.8. The molecule has 0 radical (unpaired) electrons. The molecule has 3 heteroatoms. The number of nitrogens with one attached hydrogen (secondary N) is 1. The maximum Gasteiger partial charge on any atom is 0.124 e. The van der Waals surface area contributed by atoms with Gasteiger partial charge in [-0.3, -0.25) is 0 Å². The predicted molar refractivity (Wildman–Crippen MR) is 117 cm³/mol. The number of halogens is 1. The number of hydrogen-bond acceptors (Lipinski definition) is 2. The molecule has 2 aromatic rings. The standard InChI is InChI=1S/C25H30BrNO/c1-16-4-2-3-5-19(16)15-28-24-7-6-23(26)13-22(24)14-27-25-20-9-17-8-18(11-20)12-21(25)10-17/h2-7,13,17-18,20-21,25,27H,8-12,14-15H2,1H3. The van der Waals surface area contributed by atoms with Crippen LogP contribution in [0, 0.1) is 30.6 Å². The molecule has 4 aliphatic carbocycles. The number of ether oxygens (including phenoxy) is 1. The van der Waals surface area contributed by atoms with Gasteiger partial charge in [0.25, 0.3) is 0 Å². The Bertz CT molecular complexity index is 820. The van der Waals surface area contributed by atoms with Gasteiger partial charge in [-0.15, -0.1) is 0 Å². The Balaban J connectivity index is 1.27. The van der Waals surface area contributed by atoms with Gasteiger partial charge in [-0.2, -0.15) is 0 Å². The second-order valence-corrected chi connectivity index (χ2v) is 10.2. The minimum absolute atomic E-state index is 0.624. The van der Waals surface area contributed by atoms with E-state index in [1.165, 1.54) is 48.8 Å². The van der Waals surface area contributed by atoms with Crippen molar-refractivity contribution in [1.29, 1.82) is 0 Å². The topological polar surface area (TPSA) is 21.3 Å². The number of benzene rings is 2. The van der Waals surface area contributed by atoms with Gasteiger partial charge in [0.1, 0.15) is 12.4 Å². The fourth-order valence-electron chi connectivity index (χ4n) is 6.24. The maximum atomic E-state index is 6.26. The van der Waals surface area contributed by atoms with E-state index in [4.69, 9.17) is 4.74 Å². The average Bonchev–Trinajstić information content (AvgIpc) is 2.67. The lowest BCUT2D eigenvalue weighted by Gasteiger charge is -2.54. The lowest BCUT2D eigenvalue weighted by molar-refractivity contribution is -0.0143. The van der Waals surface area contributed by atoms with Crippen molar-refractivity contribution in [1.82, 2.24) is 5.32 Å². The number of aryl methyl sites for hydroxylation is 1. The first-order valence-corrected chi connectivity index (χ1v) is 11.6. The van der Waals surface area contributed by atoms with Gasteiger partial charge < -0.3 is 10.1 Å². The van der Waals surface area contributed by atoms with E-state index >= 15 is 0 Å². The van der Waals surface area contributed by atoms with Gasteiger partial charge in [0.2, 0.25) is 0 Å². The molecule has 4 fully saturated rings. The van der Waals surface area contributed by atoms with Gasteiger partial charge in [0.05, 0.1) is 0 Å². The van der Waals surface area contributed by atoms with Crippen molar-refractivity contribution >= 4 is 15.9 Å². The van der Waals surface area contributed by atoms with Crippen molar-refractivity contribution in [3.05, 3.63) is 63.6 Å². The van der Waals surface area contributed by atoms with Crippen LogP contribution < -0.4 is 10.1 Å². The first-order chi connectivity index (χ1) is 13.7. The summed E-state index contributed by atoms with van der Waals surface area (Å²) in [7, 11) is 0. The molecule has 0 atom stereocenters. The van der Waals surface area contributed by atoms with Crippen LogP contribution in [0.1, 0.15) is 48.8 Å². The van der Waals surface area contributed by atoms with Crippen molar-refractivity contribution in [2.45, 2.75) is 58.2 Å². The molecule has 0 aromatic heterocycles. The van der Waals surface area contributed by atoms with E-state index in [9.17, 15) is 0 Å². The summed E-state index contributed by atoms with van der Waals surface area (Å²) in [4.78, 5) is 0. The third-order valence-electron chi connectivity index (χ3n) is 7.42. The van der Waals surface area contributed by atoms with Crippen molar-refractivity contribution in [2.24, 2.45) is 23.7 Å². The summed E-state index contributed by atoms with van der Waals surface area (Å²) in [6, 6.07) is 15.6. The molecule has 1 N–H and O–H groups in total. The molecule has 0 saturated heterocycles. The third-order valence-corrected chi connectivity index (χ3v) is 7.92. The van der Waals surface area contributed by atoms with E-state index in [0.29, 0.717) is 12.6 Å². The molecule has 28 heavy (non-hydrogen) atoms. The maximum absolute atomic E-state index is 6.26. The summed E-state index contributed by atoms with van der Waals surface area (Å²) in [5.41, 5.74) is 3.80. The minimum Gasteiger partial charge on any atom is -0.489 e. The fraction of sp³-hybridized carbons (Fsp3) is 0.520. The van der Waals surface area contributed by atoms with Crippen LogP contribution in [-0.4, -0.2) is 6.04 Å². The van der Waals surface area contributed by atoms with Crippen LogP contribution in [0.3, 0.4) is 0 Å². The van der Waals surface area contributed by atoms with Gasteiger partial charge in [0, 0.05) is 22.6 Å². The zero-order chi connectivity index (χ0) is 19.1. The summed E-state index contributed by atoms with van der Waals surface area (Å²) in [5, 5.41) is 3.96. The first kappa shape index (κ1) is 18.7. The molecule has 6 rings (SSSR count). The van der Waals surface area contributed by atoms with E-state index in [1.807, 2.05) is 0 Å². The Morgan fingerprint density at radius 2 is 1.64 bits per heavy atom. The Hall–Kier alpha value is -1.32. The average molecular weight is 440 g/mol. The molecule has 4 bridgehead atoms. The molecule has 0 unspecified atom stereocenters. The Kier molecular flexibility index (Phi) is 5.23. The Morgan fingerprint density at radius 1 is 0.929 bits per heavy atom. The summed E-state index contributed by atoms with van der Waals surface area (Å²) >= 11 is 3.65. The van der Waals surface area contributed by atoms with Gasteiger partial charge in [-0.25, -0.2) is 0 Å². The molecule has 0 aliphatic heterocycles. The molecule has 4 saturated carbocycles. The van der Waals surface area contributed by atoms with Crippen LogP contribution in [0.25, 0.3) is 0 Å². The van der Waals surface area contributed by atoms with E-state index < -0.39 is 0 Å². The predicted octanol–water partition coefficient (Wildman–Crippen LogP) is 6.25. The highest BCUT2D eigenvalue weighted by Gasteiger charge is 2.47. The molecule has 0 heterocycles. The molecule has 0 spiro atoms.